The van der Waals surface area contributed by atoms with E-state index in [1.165, 1.54) is 6.92 Å². The number of aliphatic hydroxyl groups is 5. The molecule has 1 aliphatic heterocycles. The standard InChI is InChI=1S/C29H38O10/c1-14-17(31)12-28(26(3,4)35)20(14)21(33)23(39-25(34)16-9-7-6-8-10-16)27(5)19(38-15(2)30)11-18(32)29(36)13-37-24(28)22(27)29/h6-10,17-19,21-24,31-33,35-36H,11-13H2,1-5H3. The predicted molar refractivity (Wildman–Crippen MR) is 136 cm³/mol. The lowest BCUT2D eigenvalue weighted by atomic mass is 9.52. The molecule has 0 amide bonds. The van der Waals surface area contributed by atoms with Gasteiger partial charge in [0.1, 0.15) is 23.9 Å². The van der Waals surface area contributed by atoms with Gasteiger partial charge in [-0.1, -0.05) is 25.1 Å². The first kappa shape index (κ1) is 28.2. The van der Waals surface area contributed by atoms with Crippen LogP contribution >= 0.6 is 0 Å². The molecular formula is C29H38O10. The summed E-state index contributed by atoms with van der Waals surface area (Å²) in [5.41, 5.74) is -5.52. The predicted octanol–water partition coefficient (Wildman–Crippen LogP) is 0.874. The zero-order chi connectivity index (χ0) is 28.7. The summed E-state index contributed by atoms with van der Waals surface area (Å²) in [5.74, 6) is -2.48. The van der Waals surface area contributed by atoms with Crippen LogP contribution in [0.2, 0.25) is 0 Å². The molecule has 0 radical (unpaired) electrons. The number of benzene rings is 1. The molecule has 10 unspecified atom stereocenters. The Morgan fingerprint density at radius 3 is 2.33 bits per heavy atom. The van der Waals surface area contributed by atoms with Crippen LogP contribution in [0, 0.1) is 16.7 Å². The topological polar surface area (TPSA) is 163 Å². The minimum Gasteiger partial charge on any atom is -0.462 e. The van der Waals surface area contributed by atoms with Gasteiger partial charge in [-0.05, 0) is 50.5 Å². The average molecular weight is 547 g/mol. The van der Waals surface area contributed by atoms with Crippen LogP contribution < -0.4 is 0 Å². The van der Waals surface area contributed by atoms with Gasteiger partial charge in [0.25, 0.3) is 0 Å². The van der Waals surface area contributed by atoms with Gasteiger partial charge in [0.05, 0.1) is 46.9 Å². The molecule has 10 nitrogen and oxygen atoms in total. The summed E-state index contributed by atoms with van der Waals surface area (Å²) in [6.07, 6.45) is -7.78. The lowest BCUT2D eigenvalue weighted by Crippen LogP contribution is -2.69. The Labute approximate surface area is 227 Å². The number of ether oxygens (including phenoxy) is 3. The number of hydrogen-bond acceptors (Lipinski definition) is 10. The van der Waals surface area contributed by atoms with Crippen LogP contribution in [0.15, 0.2) is 41.5 Å². The second-order valence-corrected chi connectivity index (χ2v) is 12.4. The number of aliphatic hydroxyl groups excluding tert-OH is 3. The van der Waals surface area contributed by atoms with E-state index in [-0.39, 0.29) is 30.6 Å². The number of hydrogen-bond donors (Lipinski definition) is 5. The molecule has 1 saturated heterocycles. The molecule has 4 aliphatic rings. The highest BCUT2D eigenvalue weighted by Gasteiger charge is 2.78. The zero-order valence-corrected chi connectivity index (χ0v) is 22.8. The molecule has 10 atom stereocenters. The fourth-order valence-electron chi connectivity index (χ4n) is 8.10. The van der Waals surface area contributed by atoms with Crippen LogP contribution in [0.4, 0.5) is 0 Å². The maximum Gasteiger partial charge on any atom is 0.338 e. The van der Waals surface area contributed by atoms with Crippen molar-refractivity contribution in [3.8, 4) is 0 Å². The number of fused-ring (bicyclic) bond motifs is 2. The molecule has 214 valence electrons. The Hall–Kier alpha value is -2.34. The molecule has 0 aromatic heterocycles. The molecule has 5 rings (SSSR count). The van der Waals surface area contributed by atoms with Crippen LogP contribution in [0.5, 0.6) is 0 Å². The lowest BCUT2D eigenvalue weighted by molar-refractivity contribution is -0.243. The zero-order valence-electron chi connectivity index (χ0n) is 22.8. The summed E-state index contributed by atoms with van der Waals surface area (Å²) in [6, 6.07) is 8.19. The van der Waals surface area contributed by atoms with Gasteiger partial charge in [-0.15, -0.1) is 0 Å². The molecule has 2 saturated carbocycles. The summed E-state index contributed by atoms with van der Waals surface area (Å²) in [4.78, 5) is 25.7. The van der Waals surface area contributed by atoms with Gasteiger partial charge in [0.15, 0.2) is 0 Å². The summed E-state index contributed by atoms with van der Waals surface area (Å²) >= 11 is 0. The largest absolute Gasteiger partial charge is 0.462 e. The van der Waals surface area contributed by atoms with Gasteiger partial charge in [-0.2, -0.15) is 0 Å². The second kappa shape index (κ2) is 9.09. The van der Waals surface area contributed by atoms with Crippen molar-refractivity contribution in [3.05, 3.63) is 47.0 Å². The first-order chi connectivity index (χ1) is 18.1. The quantitative estimate of drug-likeness (QED) is 0.271. The first-order valence-electron chi connectivity index (χ1n) is 13.4. The van der Waals surface area contributed by atoms with Crippen molar-refractivity contribution in [2.45, 2.75) is 95.3 Å². The first-order valence-corrected chi connectivity index (χ1v) is 13.4. The Balaban J connectivity index is 1.79. The van der Waals surface area contributed by atoms with Crippen molar-refractivity contribution in [1.29, 1.82) is 0 Å². The molecule has 5 N–H and O–H groups in total. The minimum absolute atomic E-state index is 0.0320. The van der Waals surface area contributed by atoms with E-state index in [1.807, 2.05) is 0 Å². The van der Waals surface area contributed by atoms with Crippen LogP contribution in [-0.2, 0) is 19.0 Å². The Morgan fingerprint density at radius 1 is 1.10 bits per heavy atom. The number of carbonyl (C=O) groups excluding carboxylic acids is 2. The van der Waals surface area contributed by atoms with Crippen molar-refractivity contribution < 1.29 is 49.3 Å². The maximum absolute atomic E-state index is 13.5. The van der Waals surface area contributed by atoms with Gasteiger partial charge in [0, 0.05) is 19.3 Å². The van der Waals surface area contributed by atoms with Gasteiger partial charge in [-0.25, -0.2) is 4.79 Å². The molecule has 10 heteroatoms. The van der Waals surface area contributed by atoms with E-state index < -0.39 is 76.5 Å². The summed E-state index contributed by atoms with van der Waals surface area (Å²) < 4.78 is 18.1. The maximum atomic E-state index is 13.5. The molecule has 0 bridgehead atoms. The van der Waals surface area contributed by atoms with E-state index in [0.717, 1.165) is 0 Å². The Morgan fingerprint density at radius 2 is 1.74 bits per heavy atom. The van der Waals surface area contributed by atoms with E-state index in [0.29, 0.717) is 5.57 Å². The minimum atomic E-state index is -1.89. The van der Waals surface area contributed by atoms with Crippen LogP contribution in [-0.4, -0.2) is 91.9 Å². The molecule has 0 spiro atoms. The van der Waals surface area contributed by atoms with E-state index in [1.54, 1.807) is 58.0 Å². The number of rotatable bonds is 4. The molecule has 1 heterocycles. The number of esters is 2. The fraction of sp³-hybridized carbons (Fsp3) is 0.655. The van der Waals surface area contributed by atoms with Crippen molar-refractivity contribution >= 4 is 11.9 Å². The molecule has 1 aromatic carbocycles. The van der Waals surface area contributed by atoms with Gasteiger partial charge in [0.2, 0.25) is 0 Å². The molecular weight excluding hydrogens is 508 g/mol. The highest BCUT2D eigenvalue weighted by Crippen LogP contribution is 2.68. The van der Waals surface area contributed by atoms with E-state index in [9.17, 15) is 35.1 Å². The van der Waals surface area contributed by atoms with Crippen molar-refractivity contribution in [2.75, 3.05) is 6.61 Å². The highest BCUT2D eigenvalue weighted by molar-refractivity contribution is 5.89. The van der Waals surface area contributed by atoms with E-state index in [4.69, 9.17) is 14.2 Å². The van der Waals surface area contributed by atoms with Crippen LogP contribution in [0.3, 0.4) is 0 Å². The second-order valence-electron chi connectivity index (χ2n) is 12.4. The van der Waals surface area contributed by atoms with Crippen molar-refractivity contribution in [1.82, 2.24) is 0 Å². The Bertz CT molecular complexity index is 1190. The van der Waals surface area contributed by atoms with Gasteiger partial charge < -0.3 is 39.7 Å². The molecule has 3 aliphatic carbocycles. The number of carbonyl (C=O) groups is 2. The smallest absolute Gasteiger partial charge is 0.338 e. The van der Waals surface area contributed by atoms with Crippen molar-refractivity contribution in [3.63, 3.8) is 0 Å². The fourth-order valence-corrected chi connectivity index (χ4v) is 8.10. The molecule has 1 aromatic rings. The van der Waals surface area contributed by atoms with Gasteiger partial charge >= 0.3 is 11.9 Å². The summed E-state index contributed by atoms with van der Waals surface area (Å²) in [5, 5.41) is 58.2. The SMILES string of the molecule is CC(=O)OC1CC(O)C2(O)COC3C2C1(C)C(OC(=O)c1ccccc1)C(O)C1=C(C)C(O)CC13C(C)(C)O. The highest BCUT2D eigenvalue weighted by atomic mass is 16.6. The average Bonchev–Trinajstić information content (AvgIpc) is 3.34. The van der Waals surface area contributed by atoms with E-state index >= 15 is 0 Å². The summed E-state index contributed by atoms with van der Waals surface area (Å²) in [7, 11) is 0. The van der Waals surface area contributed by atoms with E-state index in [2.05, 4.69) is 0 Å². The third-order valence-corrected chi connectivity index (χ3v) is 9.96. The summed E-state index contributed by atoms with van der Waals surface area (Å²) in [6.45, 7) is 7.30. The van der Waals surface area contributed by atoms with Crippen molar-refractivity contribution in [2.24, 2.45) is 16.7 Å². The van der Waals surface area contributed by atoms with Gasteiger partial charge in [-0.3, -0.25) is 4.79 Å². The van der Waals surface area contributed by atoms with Crippen LogP contribution in [0.25, 0.3) is 0 Å². The molecule has 3 fully saturated rings. The third kappa shape index (κ3) is 3.76. The monoisotopic (exact) mass is 546 g/mol. The lowest BCUT2D eigenvalue weighted by Gasteiger charge is -2.56. The normalized spacial score (nSPS) is 43.4. The third-order valence-electron chi connectivity index (χ3n) is 9.96. The van der Waals surface area contributed by atoms with Crippen LogP contribution in [0.1, 0.15) is 57.8 Å². The molecule has 39 heavy (non-hydrogen) atoms. The Kier molecular flexibility index (Phi) is 6.57.